The Morgan fingerprint density at radius 2 is 1.93 bits per heavy atom. The fraction of sp³-hybridized carbons (Fsp3) is 0.833. The molecule has 0 radical (unpaired) electrons. The maximum Gasteiger partial charge on any atom is 0.0671 e. The van der Waals surface area contributed by atoms with Crippen LogP contribution >= 0.6 is 0 Å². The lowest BCUT2D eigenvalue weighted by molar-refractivity contribution is -0.0402. The number of aliphatic hydroxyl groups is 1. The third-order valence-corrected chi connectivity index (χ3v) is 2.25. The third-order valence-electron chi connectivity index (χ3n) is 2.25. The van der Waals surface area contributed by atoms with Crippen molar-refractivity contribution >= 4 is 0 Å². The van der Waals surface area contributed by atoms with Crippen LogP contribution in [0.4, 0.5) is 0 Å². The molecule has 0 amide bonds. The molecule has 0 aliphatic rings. The van der Waals surface area contributed by atoms with Crippen molar-refractivity contribution in [1.82, 2.24) is 0 Å². The number of hydrogen-bond acceptors (Lipinski definition) is 2. The van der Waals surface area contributed by atoms with E-state index in [4.69, 9.17) is 4.74 Å². The first-order valence-corrected chi connectivity index (χ1v) is 5.17. The second-order valence-electron chi connectivity index (χ2n) is 5.13. The summed E-state index contributed by atoms with van der Waals surface area (Å²) < 4.78 is 5.47. The van der Waals surface area contributed by atoms with Gasteiger partial charge >= 0.3 is 0 Å². The lowest BCUT2D eigenvalue weighted by atomic mass is 9.81. The SMILES string of the molecule is C=C(C)COCC(C)(C)C(O)C(C)C. The van der Waals surface area contributed by atoms with Crippen LogP contribution < -0.4 is 0 Å². The van der Waals surface area contributed by atoms with Crippen LogP contribution in [0.5, 0.6) is 0 Å². The minimum atomic E-state index is -0.326. The Kier molecular flexibility index (Phi) is 5.38. The van der Waals surface area contributed by atoms with Crippen LogP contribution in [0.15, 0.2) is 12.2 Å². The van der Waals surface area contributed by atoms with Crippen LogP contribution in [0.3, 0.4) is 0 Å². The standard InChI is InChI=1S/C12H24O2/c1-9(2)7-14-8-12(5,6)11(13)10(3)4/h10-11,13H,1,7-8H2,2-6H3. The maximum atomic E-state index is 9.92. The van der Waals surface area contributed by atoms with E-state index < -0.39 is 0 Å². The molecular weight excluding hydrogens is 176 g/mol. The van der Waals surface area contributed by atoms with Crippen LogP contribution in [-0.2, 0) is 4.74 Å². The monoisotopic (exact) mass is 200 g/mol. The van der Waals surface area contributed by atoms with Gasteiger partial charge < -0.3 is 9.84 Å². The Morgan fingerprint density at radius 3 is 2.29 bits per heavy atom. The smallest absolute Gasteiger partial charge is 0.0671 e. The Hall–Kier alpha value is -0.340. The third kappa shape index (κ3) is 4.77. The van der Waals surface area contributed by atoms with Gasteiger partial charge in [0.05, 0.1) is 19.3 Å². The quantitative estimate of drug-likeness (QED) is 0.668. The average Bonchev–Trinajstić information content (AvgIpc) is 2.01. The molecule has 0 aliphatic heterocycles. The molecule has 84 valence electrons. The lowest BCUT2D eigenvalue weighted by Gasteiger charge is -2.32. The first-order valence-electron chi connectivity index (χ1n) is 5.17. The molecule has 14 heavy (non-hydrogen) atoms. The molecule has 0 aromatic heterocycles. The van der Waals surface area contributed by atoms with E-state index in [-0.39, 0.29) is 17.4 Å². The van der Waals surface area contributed by atoms with Crippen molar-refractivity contribution in [3.63, 3.8) is 0 Å². The lowest BCUT2D eigenvalue weighted by Crippen LogP contribution is -2.37. The molecule has 0 aromatic carbocycles. The molecule has 0 aliphatic carbocycles. The second kappa shape index (κ2) is 5.52. The topological polar surface area (TPSA) is 29.5 Å². The summed E-state index contributed by atoms with van der Waals surface area (Å²) in [5, 5.41) is 9.92. The summed E-state index contributed by atoms with van der Waals surface area (Å²) >= 11 is 0. The van der Waals surface area contributed by atoms with Gasteiger partial charge in [-0.3, -0.25) is 0 Å². The zero-order valence-corrected chi connectivity index (χ0v) is 10.1. The minimum absolute atomic E-state index is 0.191. The Balaban J connectivity index is 4.00. The van der Waals surface area contributed by atoms with Crippen molar-refractivity contribution in [2.45, 2.75) is 40.7 Å². The molecule has 1 unspecified atom stereocenters. The highest BCUT2D eigenvalue weighted by atomic mass is 16.5. The normalized spacial score (nSPS) is 14.5. The van der Waals surface area contributed by atoms with E-state index in [1.807, 2.05) is 34.6 Å². The number of aliphatic hydroxyl groups excluding tert-OH is 1. The Morgan fingerprint density at radius 1 is 1.43 bits per heavy atom. The fourth-order valence-electron chi connectivity index (χ4n) is 1.48. The van der Waals surface area contributed by atoms with Gasteiger partial charge in [0.15, 0.2) is 0 Å². The van der Waals surface area contributed by atoms with Crippen molar-refractivity contribution in [2.75, 3.05) is 13.2 Å². The largest absolute Gasteiger partial charge is 0.392 e. The zero-order valence-electron chi connectivity index (χ0n) is 10.1. The predicted octanol–water partition coefficient (Wildman–Crippen LogP) is 2.62. The molecule has 1 atom stereocenters. The highest BCUT2D eigenvalue weighted by molar-refractivity contribution is 4.88. The first kappa shape index (κ1) is 13.7. The molecule has 2 nitrogen and oxygen atoms in total. The van der Waals surface area contributed by atoms with Gasteiger partial charge in [-0.2, -0.15) is 0 Å². The van der Waals surface area contributed by atoms with Gasteiger partial charge in [-0.1, -0.05) is 39.8 Å². The number of rotatable bonds is 6. The van der Waals surface area contributed by atoms with E-state index in [1.165, 1.54) is 0 Å². The van der Waals surface area contributed by atoms with Gasteiger partial charge in [-0.05, 0) is 12.8 Å². The molecule has 1 N–H and O–H groups in total. The predicted molar refractivity (Wildman–Crippen MR) is 60.3 cm³/mol. The molecule has 0 spiro atoms. The molecule has 0 rings (SSSR count). The van der Waals surface area contributed by atoms with Crippen LogP contribution in [0.2, 0.25) is 0 Å². The summed E-state index contributed by atoms with van der Waals surface area (Å²) in [6, 6.07) is 0. The fourth-order valence-corrected chi connectivity index (χ4v) is 1.48. The zero-order chi connectivity index (χ0) is 11.4. The van der Waals surface area contributed by atoms with Gasteiger partial charge in [0.2, 0.25) is 0 Å². The summed E-state index contributed by atoms with van der Waals surface area (Å²) in [7, 11) is 0. The Labute approximate surface area is 88.0 Å². The molecule has 0 saturated carbocycles. The van der Waals surface area contributed by atoms with Crippen molar-refractivity contribution in [1.29, 1.82) is 0 Å². The molecule has 2 heteroatoms. The van der Waals surface area contributed by atoms with Crippen LogP contribution in [-0.4, -0.2) is 24.4 Å². The van der Waals surface area contributed by atoms with Crippen molar-refractivity contribution in [3.8, 4) is 0 Å². The summed E-state index contributed by atoms with van der Waals surface area (Å²) in [5.41, 5.74) is 0.823. The van der Waals surface area contributed by atoms with Crippen LogP contribution in [0.25, 0.3) is 0 Å². The van der Waals surface area contributed by atoms with Crippen molar-refractivity contribution in [2.24, 2.45) is 11.3 Å². The van der Waals surface area contributed by atoms with Gasteiger partial charge in [0.1, 0.15) is 0 Å². The van der Waals surface area contributed by atoms with Crippen molar-refractivity contribution in [3.05, 3.63) is 12.2 Å². The Bertz CT molecular complexity index is 183. The summed E-state index contributed by atoms with van der Waals surface area (Å²) in [5.74, 6) is 0.262. The molecule has 0 heterocycles. The highest BCUT2D eigenvalue weighted by Gasteiger charge is 2.30. The summed E-state index contributed by atoms with van der Waals surface area (Å²) in [4.78, 5) is 0. The van der Waals surface area contributed by atoms with Crippen LogP contribution in [0.1, 0.15) is 34.6 Å². The molecule has 0 aromatic rings. The summed E-state index contributed by atoms with van der Waals surface area (Å²) in [6.07, 6.45) is -0.326. The molecule has 0 saturated heterocycles. The van der Waals surface area contributed by atoms with E-state index in [0.29, 0.717) is 13.2 Å². The second-order valence-corrected chi connectivity index (χ2v) is 5.13. The van der Waals surface area contributed by atoms with E-state index in [0.717, 1.165) is 5.57 Å². The number of ether oxygens (including phenoxy) is 1. The van der Waals surface area contributed by atoms with Crippen LogP contribution in [0, 0.1) is 11.3 Å². The van der Waals surface area contributed by atoms with E-state index in [2.05, 4.69) is 6.58 Å². The minimum Gasteiger partial charge on any atom is -0.392 e. The number of hydrogen-bond donors (Lipinski definition) is 1. The van der Waals surface area contributed by atoms with Gasteiger partial charge in [0.25, 0.3) is 0 Å². The summed E-state index contributed by atoms with van der Waals surface area (Å²) in [6.45, 7) is 14.9. The van der Waals surface area contributed by atoms with Gasteiger partial charge in [-0.15, -0.1) is 0 Å². The molecule has 0 fully saturated rings. The van der Waals surface area contributed by atoms with E-state index in [9.17, 15) is 5.11 Å². The van der Waals surface area contributed by atoms with Gasteiger partial charge in [-0.25, -0.2) is 0 Å². The average molecular weight is 200 g/mol. The molecule has 0 bridgehead atoms. The molecular formula is C12H24O2. The first-order chi connectivity index (χ1) is 6.27. The van der Waals surface area contributed by atoms with E-state index >= 15 is 0 Å². The maximum absolute atomic E-state index is 9.92. The van der Waals surface area contributed by atoms with E-state index in [1.54, 1.807) is 0 Å². The highest BCUT2D eigenvalue weighted by Crippen LogP contribution is 2.26. The van der Waals surface area contributed by atoms with Crippen molar-refractivity contribution < 1.29 is 9.84 Å². The van der Waals surface area contributed by atoms with Gasteiger partial charge in [0, 0.05) is 5.41 Å².